The van der Waals surface area contributed by atoms with Crippen LogP contribution in [-0.2, 0) is 42.4 Å². The summed E-state index contributed by atoms with van der Waals surface area (Å²) < 4.78 is 56.0. The number of aryl methyl sites for hydroxylation is 1. The Morgan fingerprint density at radius 2 is 0.746 bits per heavy atom. The number of nitrogens with one attached hydrogen (secondary N) is 5. The van der Waals surface area contributed by atoms with E-state index < -0.39 is 22.2 Å². The van der Waals surface area contributed by atoms with Crippen LogP contribution in [0.25, 0.3) is 23.0 Å². The molecule has 0 aliphatic carbocycles. The van der Waals surface area contributed by atoms with Crippen LogP contribution in [0, 0.1) is 30.2 Å². The van der Waals surface area contributed by atoms with Gasteiger partial charge in [-0.25, -0.2) is 22.5 Å². The number of amides is 6. The molecule has 142 heavy (non-hydrogen) atoms. The number of pyridine rings is 6. The number of halogens is 5. The minimum absolute atomic E-state index is 0.0236. The number of carbonyl (C=O) groups excluding carboxylic acids is 6. The lowest BCUT2D eigenvalue weighted by Gasteiger charge is -2.19. The number of nitrogens with zero attached hydrogens (tertiary/aromatic N) is 21. The fourth-order valence-corrected chi connectivity index (χ4v) is 17.3. The van der Waals surface area contributed by atoms with Crippen LogP contribution < -0.4 is 31.5 Å². The Labute approximate surface area is 843 Å². The summed E-state index contributed by atoms with van der Waals surface area (Å²) in [5.74, 6) is -0.512. The zero-order valence-electron chi connectivity index (χ0n) is 76.1. The summed E-state index contributed by atoms with van der Waals surface area (Å²) in [6, 6.07) is 77.5. The van der Waals surface area contributed by atoms with E-state index in [2.05, 4.69) is 118 Å². The summed E-state index contributed by atoms with van der Waals surface area (Å²) in [6.45, 7) is 4.72. The summed E-state index contributed by atoms with van der Waals surface area (Å²) >= 11 is 14.1. The van der Waals surface area contributed by atoms with Crippen molar-refractivity contribution in [3.8, 4) is 23.0 Å². The summed E-state index contributed by atoms with van der Waals surface area (Å²) in [4.78, 5) is 98.3. The number of para-hydroxylation sites is 6. The number of anilines is 6. The van der Waals surface area contributed by atoms with E-state index in [-0.39, 0.29) is 82.1 Å². The molecule has 0 bridgehead atoms. The van der Waals surface area contributed by atoms with E-state index in [1.165, 1.54) is 88.1 Å². The molecule has 6 amide bonds. The molecule has 0 saturated carbocycles. The molecule has 720 valence electrons. The van der Waals surface area contributed by atoms with Crippen molar-refractivity contribution >= 4 is 195 Å². The summed E-state index contributed by atoms with van der Waals surface area (Å²) in [7, 11) is 3.52. The first kappa shape index (κ1) is 104. The molecule has 12 heterocycles. The lowest BCUT2D eigenvalue weighted by molar-refractivity contribution is -0.117. The van der Waals surface area contributed by atoms with Crippen LogP contribution in [0.1, 0.15) is 60.9 Å². The Morgan fingerprint density at radius 3 is 1.15 bits per heavy atom. The molecule has 0 radical (unpaired) electrons. The van der Waals surface area contributed by atoms with Gasteiger partial charge >= 0.3 is 0 Å². The molecule has 5 N–H and O–H groups in total. The molecule has 1 unspecified atom stereocenters. The fraction of sp³-hybridized carbons (Fsp3) is 0.152. The first-order valence-corrected chi connectivity index (χ1v) is 49.5. The van der Waals surface area contributed by atoms with E-state index in [9.17, 15) is 46.3 Å². The summed E-state index contributed by atoms with van der Waals surface area (Å²) in [6.07, 6.45) is 10.6. The minimum atomic E-state index is -0.815. The third kappa shape index (κ3) is 32.7. The van der Waals surface area contributed by atoms with Crippen molar-refractivity contribution in [2.24, 2.45) is 47.9 Å². The number of carbonyl (C=O) groups is 6. The molecule has 4 aliphatic heterocycles. The highest BCUT2D eigenvalue weighted by Crippen LogP contribution is 2.32. The number of aromatic nitrogens is 12. The van der Waals surface area contributed by atoms with Gasteiger partial charge in [-0.15, -0.1) is 40.8 Å². The maximum Gasteiger partial charge on any atom is 0.255 e. The molecular weight excluding hydrogens is 1950 g/mol. The lowest BCUT2D eigenvalue weighted by atomic mass is 10.2. The Hall–Kier alpha value is -15.2. The first-order valence-electron chi connectivity index (χ1n) is 43.3. The molecule has 43 heteroatoms. The number of alkyl halides is 1. The molecule has 14 aromatic rings. The van der Waals surface area contributed by atoms with Crippen molar-refractivity contribution in [1.29, 1.82) is 0 Å². The summed E-state index contributed by atoms with van der Waals surface area (Å²) in [5.41, 5.74) is 11.1. The van der Waals surface area contributed by atoms with Crippen LogP contribution in [0.2, 0.25) is 0 Å². The maximum atomic E-state index is 13.7. The van der Waals surface area contributed by atoms with Crippen molar-refractivity contribution in [1.82, 2.24) is 59.4 Å². The van der Waals surface area contributed by atoms with Gasteiger partial charge in [-0.1, -0.05) is 210 Å². The molecule has 0 fully saturated rings. The number of rotatable bonds is 27. The molecule has 1 atom stereocenters. The highest BCUT2D eigenvalue weighted by molar-refractivity contribution is 8.15. The number of benzene rings is 6. The monoisotopic (exact) mass is 2040 g/mol. The Bertz CT molecular complexity index is 6770. The van der Waals surface area contributed by atoms with Gasteiger partial charge < -0.3 is 40.6 Å². The Morgan fingerprint density at radius 1 is 0.373 bits per heavy atom. The van der Waals surface area contributed by atoms with Crippen LogP contribution in [0.15, 0.2) is 349 Å². The van der Waals surface area contributed by atoms with Crippen molar-refractivity contribution in [2.75, 3.05) is 67.3 Å². The summed E-state index contributed by atoms with van der Waals surface area (Å²) in [5, 5.41) is 67.0. The van der Waals surface area contributed by atoms with Crippen LogP contribution >= 0.6 is 82.2 Å². The molecular formula is C99H87ClF4N26O6S6. The molecule has 8 aromatic heterocycles. The lowest BCUT2D eigenvalue weighted by Crippen LogP contribution is -2.32. The van der Waals surface area contributed by atoms with Crippen LogP contribution in [0.3, 0.4) is 0 Å². The van der Waals surface area contributed by atoms with Gasteiger partial charge in [-0.2, -0.15) is 20.4 Å². The minimum Gasteiger partial charge on any atom is -0.325 e. The molecule has 4 aliphatic rings. The number of hydrogen-bond acceptors (Lipinski definition) is 30. The zero-order valence-corrected chi connectivity index (χ0v) is 81.8. The van der Waals surface area contributed by atoms with Gasteiger partial charge in [-0.05, 0) is 147 Å². The predicted octanol–water partition coefficient (Wildman–Crippen LogP) is 19.0. The highest BCUT2D eigenvalue weighted by atomic mass is 35.5. The van der Waals surface area contributed by atoms with Gasteiger partial charge in [0.05, 0.1) is 75.4 Å². The molecule has 6 aromatic carbocycles. The second-order valence-corrected chi connectivity index (χ2v) is 36.7. The van der Waals surface area contributed by atoms with Gasteiger partial charge in [0.2, 0.25) is 29.5 Å². The fourth-order valence-electron chi connectivity index (χ4n) is 12.5. The van der Waals surface area contributed by atoms with E-state index in [0.29, 0.717) is 97.8 Å². The van der Waals surface area contributed by atoms with Gasteiger partial charge in [0.15, 0.2) is 38.3 Å². The van der Waals surface area contributed by atoms with Crippen molar-refractivity contribution in [3.63, 3.8) is 0 Å². The second-order valence-electron chi connectivity index (χ2n) is 29.8. The first-order chi connectivity index (χ1) is 69.1. The third-order valence-corrected chi connectivity index (χ3v) is 25.6. The third-order valence-electron chi connectivity index (χ3n) is 19.4. The number of thioether (sulfide) groups is 6. The van der Waals surface area contributed by atoms with E-state index >= 15 is 0 Å². The van der Waals surface area contributed by atoms with E-state index in [1.54, 1.807) is 42.2 Å². The topological polar surface area (TPSA) is 403 Å². The average Bonchev–Trinajstić information content (AvgIpc) is 1.69. The zero-order chi connectivity index (χ0) is 99.7. The highest BCUT2D eigenvalue weighted by Gasteiger charge is 2.28. The molecule has 0 saturated heterocycles. The van der Waals surface area contributed by atoms with Crippen LogP contribution in [0.5, 0.6) is 0 Å². The van der Waals surface area contributed by atoms with Gasteiger partial charge in [-0.3, -0.25) is 53.7 Å². The van der Waals surface area contributed by atoms with Gasteiger partial charge in [0, 0.05) is 111 Å². The largest absolute Gasteiger partial charge is 0.325 e. The quantitative estimate of drug-likeness (QED) is 0.0181. The molecule has 0 spiro atoms. The Kier molecular flexibility index (Phi) is 39.9. The van der Waals surface area contributed by atoms with Crippen molar-refractivity contribution < 1.29 is 46.3 Å². The van der Waals surface area contributed by atoms with Crippen molar-refractivity contribution in [3.05, 3.63) is 350 Å². The molecule has 32 nitrogen and oxygen atoms in total. The van der Waals surface area contributed by atoms with Crippen LogP contribution in [-0.4, -0.2) is 178 Å². The smallest absolute Gasteiger partial charge is 0.255 e. The average molecular weight is 2040 g/mol. The second kappa shape index (κ2) is 54.4. The number of hydrogen-bond donors (Lipinski definition) is 5. The normalized spacial score (nSPS) is 12.7. The molecule has 18 rings (SSSR count). The van der Waals surface area contributed by atoms with E-state index in [4.69, 9.17) is 11.6 Å². The maximum absolute atomic E-state index is 13.7. The van der Waals surface area contributed by atoms with Gasteiger partial charge in [0.1, 0.15) is 54.6 Å². The SMILES string of the molecule is CCn1c(SCC(=O)Nc2ccccc2)nnc1-c1ccccn1.CN(C(=O)C(Cl)Sc1nnc(-c2ccccn2)n1C)c1ccccc1.Cc1ccc(C2=NN=C(SCC(=O)Nc3ccccc3)C2)nc1.O=C(CSC1=NN=C(c2ccc(F)cn2)C1)Nc1ccccc1.O=C(CSC1=NN=C(c2ncc(F)cc2F)C1)Nc1ccccc1.O=C(CSC1=NN=C(c2ncccc2F)C1)Nc1ccccc1. The predicted molar refractivity (Wildman–Crippen MR) is 560 cm³/mol. The van der Waals surface area contributed by atoms with E-state index in [0.717, 1.165) is 91.4 Å². The van der Waals surface area contributed by atoms with Gasteiger partial charge in [0.25, 0.3) is 5.91 Å². The standard InChI is InChI=1S/C17H16ClN5OS.C17H17N5OS.C17H16N4OS.C16H12F2N4OS.2C16H13FN4OS/c1-22(12-8-4-3-5-9-12)16(24)14(18)25-17-21-20-15(23(17)2)13-10-6-7-11-19-13;1-2-22-16(14-10-6-7-11-18-14)20-21-17(22)24-12-15(23)19-13-8-4-3-5-9-13;1-12-7-8-14(18-10-12)15-9-17(21-20-15)23-11-16(22)19-13-5-3-2-4-6-13;17-10-6-12(18)16(19-8-10)13-7-15(22-21-13)24-9-14(23)20-11-4-2-1-3-5-11;17-12-7-4-8-18-16(12)13-9-15(21-20-13)23-10-14(22)19-11-5-2-1-3-6-11;17-11-6-7-13(18-9-11)14-8-16(21-20-14)23-10-15(22)19-12-4-2-1-3-5-12/h3-11,14H,1-2H3;3-11H,2,12H2,1H3,(H,19,23);2-8,10H,9,11H2,1H3,(H,19,22);1-6,8H,7,9H2,(H,20,23);1-8H,9-10H2,(H,19,22);1-7,9H,8,10H2,(H,19,22). The van der Waals surface area contributed by atoms with Crippen molar-refractivity contribution in [2.45, 2.75) is 61.1 Å². The Balaban J connectivity index is 0.000000143. The van der Waals surface area contributed by atoms with Crippen LogP contribution in [0.4, 0.5) is 51.7 Å². The van der Waals surface area contributed by atoms with E-state index in [1.807, 2.05) is 250 Å².